The Morgan fingerprint density at radius 2 is 2.00 bits per heavy atom. The van der Waals surface area contributed by atoms with Crippen LogP contribution in [0.25, 0.3) is 0 Å². The molecule has 1 aromatic rings. The molecular weight excluding hydrogens is 289 g/mol. The van der Waals surface area contributed by atoms with Crippen LogP contribution < -0.4 is 0 Å². The van der Waals surface area contributed by atoms with E-state index < -0.39 is 0 Å². The minimum absolute atomic E-state index is 0.0688. The van der Waals surface area contributed by atoms with Crippen LogP contribution >= 0.6 is 27.5 Å². The molecule has 1 heterocycles. The highest BCUT2D eigenvalue weighted by molar-refractivity contribution is 9.11. The Labute approximate surface area is 110 Å². The van der Waals surface area contributed by atoms with E-state index in [-0.39, 0.29) is 11.4 Å². The zero-order chi connectivity index (χ0) is 12.2. The second-order valence-electron chi connectivity index (χ2n) is 4.54. The van der Waals surface area contributed by atoms with E-state index in [1.807, 2.05) is 0 Å². The number of halogens is 2. The Morgan fingerprint density at radius 1 is 1.31 bits per heavy atom. The number of rotatable bonds is 6. The molecule has 92 valence electrons. The highest BCUT2D eigenvalue weighted by Crippen LogP contribution is 2.41. The predicted molar refractivity (Wildman–Crippen MR) is 71.6 cm³/mol. The van der Waals surface area contributed by atoms with Crippen molar-refractivity contribution in [2.45, 2.75) is 58.3 Å². The molecule has 0 bridgehead atoms. The van der Waals surface area contributed by atoms with Gasteiger partial charge in [-0.05, 0) is 45.7 Å². The highest BCUT2D eigenvalue weighted by Gasteiger charge is 2.32. The summed E-state index contributed by atoms with van der Waals surface area (Å²) in [5, 5.41) is 0. The monoisotopic (exact) mass is 307 g/mol. The molecule has 0 N–H and O–H groups in total. The van der Waals surface area contributed by atoms with E-state index in [1.54, 1.807) is 0 Å². The fourth-order valence-electron chi connectivity index (χ4n) is 2.23. The van der Waals surface area contributed by atoms with Gasteiger partial charge < -0.3 is 0 Å². The smallest absolute Gasteiger partial charge is 0.184 e. The van der Waals surface area contributed by atoms with Gasteiger partial charge in [-0.25, -0.2) is 0 Å². The van der Waals surface area contributed by atoms with Crippen LogP contribution in [0.3, 0.4) is 0 Å². The molecule has 1 atom stereocenters. The molecule has 0 aliphatic carbocycles. The normalized spacial score (nSPS) is 15.1. The maximum Gasteiger partial charge on any atom is 0.229 e. The van der Waals surface area contributed by atoms with Crippen molar-refractivity contribution < 1.29 is 4.39 Å². The Morgan fingerprint density at radius 3 is 2.44 bits per heavy atom. The van der Waals surface area contributed by atoms with E-state index >= 15 is 0 Å². The van der Waals surface area contributed by atoms with Gasteiger partial charge >= 0.3 is 0 Å². The van der Waals surface area contributed by atoms with Crippen molar-refractivity contribution in [2.75, 3.05) is 0 Å². The van der Waals surface area contributed by atoms with E-state index in [4.69, 9.17) is 0 Å². The zero-order valence-electron chi connectivity index (χ0n) is 10.1. The van der Waals surface area contributed by atoms with Gasteiger partial charge in [-0.15, -0.1) is 0 Å². The summed E-state index contributed by atoms with van der Waals surface area (Å²) in [6.45, 7) is 6.48. The summed E-state index contributed by atoms with van der Waals surface area (Å²) in [4.78, 5) is 0. The van der Waals surface area contributed by atoms with E-state index in [0.29, 0.717) is 0 Å². The summed E-state index contributed by atoms with van der Waals surface area (Å²) >= 11 is 4.64. The SMILES string of the molecule is CCCCC(C)(CCC)c1c(F)nsc1Br. The summed E-state index contributed by atoms with van der Waals surface area (Å²) in [5.41, 5.74) is 0.716. The van der Waals surface area contributed by atoms with Gasteiger partial charge in [0.1, 0.15) is 0 Å². The molecule has 0 fully saturated rings. The lowest BCUT2D eigenvalue weighted by atomic mass is 9.76. The van der Waals surface area contributed by atoms with Crippen molar-refractivity contribution in [2.24, 2.45) is 0 Å². The van der Waals surface area contributed by atoms with Crippen LogP contribution in [0.4, 0.5) is 4.39 Å². The molecule has 1 rings (SSSR count). The maximum absolute atomic E-state index is 13.7. The van der Waals surface area contributed by atoms with Crippen LogP contribution in [0, 0.1) is 5.95 Å². The first kappa shape index (κ1) is 14.1. The van der Waals surface area contributed by atoms with Crippen molar-refractivity contribution in [3.63, 3.8) is 0 Å². The van der Waals surface area contributed by atoms with E-state index in [1.165, 1.54) is 11.5 Å². The van der Waals surface area contributed by atoms with Gasteiger partial charge in [-0.3, -0.25) is 0 Å². The molecule has 1 nitrogen and oxygen atoms in total. The summed E-state index contributed by atoms with van der Waals surface area (Å²) in [7, 11) is 0. The van der Waals surface area contributed by atoms with E-state index in [2.05, 4.69) is 41.1 Å². The number of unbranched alkanes of at least 4 members (excludes halogenated alkanes) is 1. The predicted octanol–water partition coefficient (Wildman–Crippen LogP) is 5.29. The van der Waals surface area contributed by atoms with E-state index in [0.717, 1.165) is 41.5 Å². The van der Waals surface area contributed by atoms with Gasteiger partial charge in [0.25, 0.3) is 0 Å². The first-order valence-electron chi connectivity index (χ1n) is 5.86. The Hall–Kier alpha value is 0.0400. The quantitative estimate of drug-likeness (QED) is 0.695. The van der Waals surface area contributed by atoms with Gasteiger partial charge in [0.15, 0.2) is 0 Å². The van der Waals surface area contributed by atoms with Gasteiger partial charge in [0.05, 0.1) is 3.79 Å². The minimum Gasteiger partial charge on any atom is -0.184 e. The van der Waals surface area contributed by atoms with Crippen LogP contribution in [0.2, 0.25) is 0 Å². The van der Waals surface area contributed by atoms with Gasteiger partial charge in [0.2, 0.25) is 5.95 Å². The number of aromatic nitrogens is 1. The number of nitrogens with zero attached hydrogens (tertiary/aromatic N) is 1. The number of hydrogen-bond donors (Lipinski definition) is 0. The van der Waals surface area contributed by atoms with Crippen molar-refractivity contribution in [1.29, 1.82) is 0 Å². The van der Waals surface area contributed by atoms with Crippen molar-refractivity contribution >= 4 is 27.5 Å². The van der Waals surface area contributed by atoms with Crippen molar-refractivity contribution in [3.05, 3.63) is 15.3 Å². The van der Waals surface area contributed by atoms with Crippen LogP contribution in [-0.4, -0.2) is 4.37 Å². The first-order chi connectivity index (χ1) is 7.55. The van der Waals surface area contributed by atoms with Gasteiger partial charge in [-0.1, -0.05) is 40.0 Å². The van der Waals surface area contributed by atoms with Gasteiger partial charge in [-0.2, -0.15) is 8.76 Å². The largest absolute Gasteiger partial charge is 0.229 e. The summed E-state index contributed by atoms with van der Waals surface area (Å²) in [5.74, 6) is -0.288. The lowest BCUT2D eigenvalue weighted by Gasteiger charge is -2.29. The molecule has 0 saturated heterocycles. The summed E-state index contributed by atoms with van der Waals surface area (Å²) < 4.78 is 18.4. The highest BCUT2D eigenvalue weighted by atomic mass is 79.9. The molecule has 1 unspecified atom stereocenters. The summed E-state index contributed by atoms with van der Waals surface area (Å²) in [6.07, 6.45) is 5.41. The third-order valence-electron chi connectivity index (χ3n) is 3.10. The zero-order valence-corrected chi connectivity index (χ0v) is 12.5. The molecule has 0 aliphatic rings. The molecule has 1 aromatic heterocycles. The standard InChI is InChI=1S/C12H19BrFNS/c1-4-6-8-12(3,7-5-2)9-10(13)16-15-11(9)14/h4-8H2,1-3H3. The average Bonchev–Trinajstić information content (AvgIpc) is 2.56. The molecule has 0 radical (unpaired) electrons. The molecular formula is C12H19BrFNS. The third-order valence-corrected chi connectivity index (χ3v) is 4.54. The third kappa shape index (κ3) is 3.04. The molecule has 16 heavy (non-hydrogen) atoms. The second kappa shape index (κ2) is 6.10. The fraction of sp³-hybridized carbons (Fsp3) is 0.750. The van der Waals surface area contributed by atoms with Crippen LogP contribution in [0.1, 0.15) is 58.4 Å². The minimum atomic E-state index is -0.288. The lowest BCUT2D eigenvalue weighted by molar-refractivity contribution is 0.364. The Bertz CT molecular complexity index is 320. The van der Waals surface area contributed by atoms with Crippen LogP contribution in [0.5, 0.6) is 0 Å². The van der Waals surface area contributed by atoms with Crippen molar-refractivity contribution in [3.8, 4) is 0 Å². The molecule has 0 amide bonds. The fourth-order valence-corrected chi connectivity index (χ4v) is 3.77. The lowest BCUT2D eigenvalue weighted by Crippen LogP contribution is -2.23. The topological polar surface area (TPSA) is 12.9 Å². The van der Waals surface area contributed by atoms with Crippen molar-refractivity contribution in [1.82, 2.24) is 4.37 Å². The van der Waals surface area contributed by atoms with E-state index in [9.17, 15) is 4.39 Å². The van der Waals surface area contributed by atoms with Crippen LogP contribution in [-0.2, 0) is 5.41 Å². The Kier molecular flexibility index (Phi) is 5.38. The molecule has 0 spiro atoms. The number of hydrogen-bond acceptors (Lipinski definition) is 2. The maximum atomic E-state index is 13.7. The molecule has 0 saturated carbocycles. The molecule has 0 aliphatic heterocycles. The Balaban J connectivity index is 3.00. The second-order valence-corrected chi connectivity index (χ2v) is 6.63. The first-order valence-corrected chi connectivity index (χ1v) is 7.43. The van der Waals surface area contributed by atoms with Crippen LogP contribution in [0.15, 0.2) is 3.79 Å². The molecule has 0 aromatic carbocycles. The van der Waals surface area contributed by atoms with Gasteiger partial charge in [0, 0.05) is 5.56 Å². The average molecular weight is 308 g/mol. The molecule has 4 heteroatoms. The summed E-state index contributed by atoms with van der Waals surface area (Å²) in [6, 6.07) is 0.